The van der Waals surface area contributed by atoms with Crippen molar-refractivity contribution in [2.24, 2.45) is 0 Å². The highest BCUT2D eigenvalue weighted by Gasteiger charge is 2.16. The van der Waals surface area contributed by atoms with Gasteiger partial charge in [0.1, 0.15) is 0 Å². The lowest BCUT2D eigenvalue weighted by Crippen LogP contribution is -2.24. The fourth-order valence-corrected chi connectivity index (χ4v) is 3.95. The minimum Gasteiger partial charge on any atom is -0.256 e. The van der Waals surface area contributed by atoms with Gasteiger partial charge in [-0.1, -0.05) is 17.7 Å². The number of thiophene rings is 1. The van der Waals surface area contributed by atoms with Gasteiger partial charge in [-0.2, -0.15) is 11.3 Å². The van der Waals surface area contributed by atoms with Gasteiger partial charge in [0.15, 0.2) is 0 Å². The molecule has 0 fully saturated rings. The average molecular weight is 366 g/mol. The van der Waals surface area contributed by atoms with E-state index in [0.29, 0.717) is 16.4 Å². The topological polar surface area (TPSA) is 72.0 Å². The molecule has 8 heteroatoms. The number of hydrogen-bond acceptors (Lipinski definition) is 5. The van der Waals surface area contributed by atoms with E-state index in [1.807, 2.05) is 16.8 Å². The molecule has 0 aliphatic heterocycles. The van der Waals surface area contributed by atoms with Crippen molar-refractivity contribution < 1.29 is 8.42 Å². The van der Waals surface area contributed by atoms with Crippen LogP contribution in [0, 0.1) is 0 Å². The van der Waals surface area contributed by atoms with Crippen LogP contribution >= 0.6 is 22.9 Å². The number of nitrogens with zero attached hydrogens (tertiary/aromatic N) is 2. The maximum atomic E-state index is 12.3. The zero-order chi connectivity index (χ0) is 16.3. The monoisotopic (exact) mass is 365 g/mol. The molecular formula is C15H12ClN3O2S2. The van der Waals surface area contributed by atoms with Crippen molar-refractivity contribution in [1.29, 1.82) is 0 Å². The standard InChI is InChI=1S/C15H12ClN3O2S2/c16-12-2-1-3-13(8-12)23(20,21)19-9-14-15(18-6-5-17-14)11-4-7-22-10-11/h1-8,10,19H,9H2. The highest BCUT2D eigenvalue weighted by atomic mass is 35.5. The van der Waals surface area contributed by atoms with Gasteiger partial charge in [0.25, 0.3) is 0 Å². The summed E-state index contributed by atoms with van der Waals surface area (Å²) in [6.07, 6.45) is 3.13. The van der Waals surface area contributed by atoms with Crippen LogP contribution in [0.15, 0.2) is 58.4 Å². The van der Waals surface area contributed by atoms with E-state index in [1.165, 1.54) is 12.1 Å². The molecule has 0 atom stereocenters. The molecule has 2 aromatic heterocycles. The number of halogens is 1. The van der Waals surface area contributed by atoms with Crippen molar-refractivity contribution in [3.8, 4) is 11.3 Å². The van der Waals surface area contributed by atoms with Crippen molar-refractivity contribution in [1.82, 2.24) is 14.7 Å². The Morgan fingerprint density at radius 3 is 2.74 bits per heavy atom. The summed E-state index contributed by atoms with van der Waals surface area (Å²) in [6, 6.07) is 8.03. The lowest BCUT2D eigenvalue weighted by molar-refractivity contribution is 0.580. The molecule has 1 N–H and O–H groups in total. The zero-order valence-corrected chi connectivity index (χ0v) is 14.2. The maximum absolute atomic E-state index is 12.3. The second-order valence-corrected chi connectivity index (χ2v) is 7.63. The van der Waals surface area contributed by atoms with Crippen molar-refractivity contribution >= 4 is 33.0 Å². The molecule has 0 aliphatic rings. The van der Waals surface area contributed by atoms with Crippen LogP contribution in [0.1, 0.15) is 5.69 Å². The smallest absolute Gasteiger partial charge is 0.240 e. The highest BCUT2D eigenvalue weighted by molar-refractivity contribution is 7.89. The number of nitrogens with one attached hydrogen (secondary N) is 1. The van der Waals surface area contributed by atoms with Crippen molar-refractivity contribution in [3.63, 3.8) is 0 Å². The first kappa shape index (κ1) is 16.1. The summed E-state index contributed by atoms with van der Waals surface area (Å²) in [5.74, 6) is 0. The molecule has 3 rings (SSSR count). The molecule has 3 aromatic rings. The van der Waals surface area contributed by atoms with Crippen molar-refractivity contribution in [3.05, 3.63) is 64.2 Å². The minimum absolute atomic E-state index is 0.0495. The van der Waals surface area contributed by atoms with Gasteiger partial charge in [0.05, 0.1) is 22.8 Å². The SMILES string of the molecule is O=S(=O)(NCc1nccnc1-c1ccsc1)c1cccc(Cl)c1. The van der Waals surface area contributed by atoms with Crippen LogP contribution in [0.3, 0.4) is 0 Å². The Hall–Kier alpha value is -1.80. The van der Waals surface area contributed by atoms with Crippen LogP contribution in [0.5, 0.6) is 0 Å². The van der Waals surface area contributed by atoms with Gasteiger partial charge in [0, 0.05) is 28.4 Å². The molecule has 0 bridgehead atoms. The third kappa shape index (κ3) is 3.76. The van der Waals surface area contributed by atoms with Crippen LogP contribution in [-0.4, -0.2) is 18.4 Å². The first-order valence-electron chi connectivity index (χ1n) is 6.64. The summed E-state index contributed by atoms with van der Waals surface area (Å²) < 4.78 is 27.2. The van der Waals surface area contributed by atoms with Gasteiger partial charge >= 0.3 is 0 Å². The summed E-state index contributed by atoms with van der Waals surface area (Å²) in [5, 5.41) is 4.24. The van der Waals surface area contributed by atoms with Gasteiger partial charge in [0.2, 0.25) is 10.0 Å². The Morgan fingerprint density at radius 2 is 2.00 bits per heavy atom. The predicted molar refractivity (Wildman–Crippen MR) is 90.8 cm³/mol. The quantitative estimate of drug-likeness (QED) is 0.752. The molecular weight excluding hydrogens is 354 g/mol. The number of hydrogen-bond donors (Lipinski definition) is 1. The fourth-order valence-electron chi connectivity index (χ4n) is 2.02. The van der Waals surface area contributed by atoms with Crippen LogP contribution in [0.4, 0.5) is 0 Å². The number of aromatic nitrogens is 2. The fraction of sp³-hybridized carbons (Fsp3) is 0.0667. The molecule has 0 saturated heterocycles. The van der Waals surface area contributed by atoms with E-state index >= 15 is 0 Å². The molecule has 23 heavy (non-hydrogen) atoms. The number of benzene rings is 1. The Morgan fingerprint density at radius 1 is 1.17 bits per heavy atom. The molecule has 0 saturated carbocycles. The van der Waals surface area contributed by atoms with Crippen LogP contribution in [0.25, 0.3) is 11.3 Å². The Balaban J connectivity index is 1.84. The van der Waals surface area contributed by atoms with Gasteiger partial charge in [-0.25, -0.2) is 13.1 Å². The summed E-state index contributed by atoms with van der Waals surface area (Å²) >= 11 is 7.39. The number of sulfonamides is 1. The van der Waals surface area contributed by atoms with E-state index in [1.54, 1.807) is 35.9 Å². The Labute approximate surface area is 143 Å². The third-order valence-electron chi connectivity index (χ3n) is 3.10. The van der Waals surface area contributed by atoms with E-state index in [9.17, 15) is 8.42 Å². The number of rotatable bonds is 5. The normalized spacial score (nSPS) is 11.5. The van der Waals surface area contributed by atoms with Gasteiger partial charge in [-0.3, -0.25) is 9.97 Å². The zero-order valence-electron chi connectivity index (χ0n) is 11.8. The maximum Gasteiger partial charge on any atom is 0.240 e. The molecule has 1 aromatic carbocycles. The van der Waals surface area contributed by atoms with Gasteiger partial charge in [-0.15, -0.1) is 0 Å². The van der Waals surface area contributed by atoms with Crippen molar-refractivity contribution in [2.45, 2.75) is 11.4 Å². The second-order valence-electron chi connectivity index (χ2n) is 4.65. The molecule has 0 spiro atoms. The molecule has 0 unspecified atom stereocenters. The molecule has 5 nitrogen and oxygen atoms in total. The predicted octanol–water partition coefficient (Wildman–Crippen LogP) is 3.34. The third-order valence-corrected chi connectivity index (χ3v) is 5.42. The molecule has 0 aliphatic carbocycles. The van der Waals surface area contributed by atoms with E-state index in [4.69, 9.17) is 11.6 Å². The van der Waals surface area contributed by atoms with Crippen molar-refractivity contribution in [2.75, 3.05) is 0 Å². The average Bonchev–Trinajstić information content (AvgIpc) is 3.08. The Bertz CT molecular complexity index is 912. The first-order chi connectivity index (χ1) is 11.1. The Kier molecular flexibility index (Phi) is 4.72. The van der Waals surface area contributed by atoms with E-state index in [0.717, 1.165) is 5.56 Å². The molecule has 0 amide bonds. The molecule has 118 valence electrons. The van der Waals surface area contributed by atoms with Gasteiger partial charge < -0.3 is 0 Å². The lowest BCUT2D eigenvalue weighted by Gasteiger charge is -2.09. The van der Waals surface area contributed by atoms with Crippen LogP contribution in [0.2, 0.25) is 5.02 Å². The van der Waals surface area contributed by atoms with Crippen LogP contribution < -0.4 is 4.72 Å². The van der Waals surface area contributed by atoms with E-state index in [-0.39, 0.29) is 11.4 Å². The lowest BCUT2D eigenvalue weighted by atomic mass is 10.2. The summed E-state index contributed by atoms with van der Waals surface area (Å²) in [4.78, 5) is 8.65. The summed E-state index contributed by atoms with van der Waals surface area (Å²) in [5.41, 5.74) is 2.15. The van der Waals surface area contributed by atoms with Crippen LogP contribution in [-0.2, 0) is 16.6 Å². The van der Waals surface area contributed by atoms with Gasteiger partial charge in [-0.05, 0) is 29.6 Å². The molecule has 0 radical (unpaired) electrons. The van der Waals surface area contributed by atoms with E-state index < -0.39 is 10.0 Å². The highest BCUT2D eigenvalue weighted by Crippen LogP contribution is 2.22. The second kappa shape index (κ2) is 6.76. The first-order valence-corrected chi connectivity index (χ1v) is 9.44. The molecule has 2 heterocycles. The largest absolute Gasteiger partial charge is 0.256 e. The minimum atomic E-state index is -3.67. The summed E-state index contributed by atoms with van der Waals surface area (Å²) in [6.45, 7) is 0.0495. The van der Waals surface area contributed by atoms with E-state index in [2.05, 4.69) is 14.7 Å². The summed E-state index contributed by atoms with van der Waals surface area (Å²) in [7, 11) is -3.67.